The number of fused-ring (bicyclic) bond motifs is 3. The molecule has 2 aromatic rings. The van der Waals surface area contributed by atoms with Gasteiger partial charge in [-0.05, 0) is 19.1 Å². The molecule has 2 unspecified atom stereocenters. The molecule has 2 heterocycles. The molecule has 4 heteroatoms. The number of halogens is 1. The summed E-state index contributed by atoms with van der Waals surface area (Å²) in [4.78, 5) is 12.1. The lowest BCUT2D eigenvalue weighted by Gasteiger charge is -2.27. The van der Waals surface area contributed by atoms with Crippen LogP contribution in [0.1, 0.15) is 24.0 Å². The van der Waals surface area contributed by atoms with Gasteiger partial charge in [-0.3, -0.25) is 0 Å². The summed E-state index contributed by atoms with van der Waals surface area (Å²) >= 11 is 2.32. The molecule has 1 aromatic heterocycles. The number of aryl methyl sites for hydroxylation is 1. The van der Waals surface area contributed by atoms with Gasteiger partial charge < -0.3 is 9.15 Å². The van der Waals surface area contributed by atoms with Crippen molar-refractivity contribution in [3.8, 4) is 5.75 Å². The second-order valence-corrected chi connectivity index (χ2v) is 6.35. The van der Waals surface area contributed by atoms with Gasteiger partial charge in [0.1, 0.15) is 17.9 Å². The number of ether oxygens (including phenoxy) is 1. The molecule has 0 fully saturated rings. The molecule has 18 heavy (non-hydrogen) atoms. The first kappa shape index (κ1) is 12.0. The summed E-state index contributed by atoms with van der Waals surface area (Å²) in [6, 6.07) is 5.78. The second kappa shape index (κ2) is 4.26. The standard InChI is InChI=1S/C14H13IO3/c1-7-3-4-11-9(5-7)13-12(14(16)18-11)8(2)10(15)6-17-13/h3-5,8,10H,6H2,1-2H3. The third kappa shape index (κ3) is 1.74. The lowest BCUT2D eigenvalue weighted by atomic mass is 9.95. The van der Waals surface area contributed by atoms with E-state index in [2.05, 4.69) is 29.5 Å². The molecule has 0 aliphatic carbocycles. The van der Waals surface area contributed by atoms with Gasteiger partial charge in [-0.2, -0.15) is 0 Å². The van der Waals surface area contributed by atoms with Crippen molar-refractivity contribution in [3.05, 3.63) is 39.7 Å². The van der Waals surface area contributed by atoms with Gasteiger partial charge in [-0.1, -0.05) is 41.1 Å². The van der Waals surface area contributed by atoms with Crippen molar-refractivity contribution >= 4 is 33.6 Å². The van der Waals surface area contributed by atoms with E-state index in [1.807, 2.05) is 25.1 Å². The largest absolute Gasteiger partial charge is 0.491 e. The Morgan fingerprint density at radius 1 is 1.39 bits per heavy atom. The average Bonchev–Trinajstić information content (AvgIpc) is 2.34. The minimum absolute atomic E-state index is 0.163. The fraction of sp³-hybridized carbons (Fsp3) is 0.357. The highest BCUT2D eigenvalue weighted by atomic mass is 127. The van der Waals surface area contributed by atoms with Gasteiger partial charge in [0.15, 0.2) is 0 Å². The first-order chi connectivity index (χ1) is 8.58. The first-order valence-corrected chi connectivity index (χ1v) is 7.16. The highest BCUT2D eigenvalue weighted by molar-refractivity contribution is 14.1. The van der Waals surface area contributed by atoms with Crippen LogP contribution in [0.2, 0.25) is 0 Å². The van der Waals surface area contributed by atoms with Crippen LogP contribution >= 0.6 is 22.6 Å². The summed E-state index contributed by atoms with van der Waals surface area (Å²) < 4.78 is 11.5. The van der Waals surface area contributed by atoms with Crippen LogP contribution in [0, 0.1) is 6.92 Å². The molecular formula is C14H13IO3. The number of hydrogen-bond donors (Lipinski definition) is 0. The minimum Gasteiger partial charge on any atom is -0.491 e. The van der Waals surface area contributed by atoms with Crippen LogP contribution in [0.15, 0.2) is 27.4 Å². The smallest absolute Gasteiger partial charge is 0.343 e. The highest BCUT2D eigenvalue weighted by Gasteiger charge is 2.30. The zero-order valence-electron chi connectivity index (χ0n) is 10.2. The van der Waals surface area contributed by atoms with Gasteiger partial charge >= 0.3 is 5.63 Å². The maximum Gasteiger partial charge on any atom is 0.343 e. The molecule has 1 aromatic carbocycles. The van der Waals surface area contributed by atoms with E-state index in [4.69, 9.17) is 9.15 Å². The van der Waals surface area contributed by atoms with Gasteiger partial charge in [0.2, 0.25) is 0 Å². The summed E-state index contributed by atoms with van der Waals surface area (Å²) in [5.74, 6) is 0.876. The van der Waals surface area contributed by atoms with Gasteiger partial charge in [0.05, 0.1) is 14.9 Å². The number of alkyl halides is 1. The molecule has 2 atom stereocenters. The molecule has 3 rings (SSSR count). The quantitative estimate of drug-likeness (QED) is 0.413. The van der Waals surface area contributed by atoms with Crippen LogP contribution in [-0.2, 0) is 0 Å². The van der Waals surface area contributed by atoms with Crippen LogP contribution < -0.4 is 10.4 Å². The average molecular weight is 356 g/mol. The van der Waals surface area contributed by atoms with E-state index in [9.17, 15) is 4.79 Å². The molecule has 0 saturated heterocycles. The van der Waals surface area contributed by atoms with Crippen LogP contribution in [0.3, 0.4) is 0 Å². The predicted molar refractivity (Wildman–Crippen MR) is 78.9 cm³/mol. The summed E-state index contributed by atoms with van der Waals surface area (Å²) in [7, 11) is 0. The maximum atomic E-state index is 12.1. The predicted octanol–water partition coefficient (Wildman–Crippen LogP) is 3.40. The molecule has 94 valence electrons. The van der Waals surface area contributed by atoms with Crippen molar-refractivity contribution in [2.75, 3.05) is 6.61 Å². The molecule has 1 aliphatic heterocycles. The van der Waals surface area contributed by atoms with E-state index in [0.29, 0.717) is 27.4 Å². The van der Waals surface area contributed by atoms with Crippen molar-refractivity contribution in [2.24, 2.45) is 0 Å². The normalized spacial score (nSPS) is 22.6. The van der Waals surface area contributed by atoms with Crippen LogP contribution in [0.4, 0.5) is 0 Å². The van der Waals surface area contributed by atoms with E-state index in [-0.39, 0.29) is 11.5 Å². The number of rotatable bonds is 0. The zero-order valence-corrected chi connectivity index (χ0v) is 12.4. The molecule has 0 saturated carbocycles. The van der Waals surface area contributed by atoms with Crippen molar-refractivity contribution in [3.63, 3.8) is 0 Å². The molecule has 0 radical (unpaired) electrons. The topological polar surface area (TPSA) is 39.4 Å². The molecule has 0 bridgehead atoms. The third-order valence-electron chi connectivity index (χ3n) is 3.43. The van der Waals surface area contributed by atoms with Gasteiger partial charge in [0.25, 0.3) is 0 Å². The lowest BCUT2D eigenvalue weighted by molar-refractivity contribution is 0.282. The zero-order chi connectivity index (χ0) is 12.9. The van der Waals surface area contributed by atoms with Crippen LogP contribution in [0.5, 0.6) is 5.75 Å². The fourth-order valence-electron chi connectivity index (χ4n) is 2.34. The second-order valence-electron chi connectivity index (χ2n) is 4.75. The molecule has 3 nitrogen and oxygen atoms in total. The Hall–Kier alpha value is -1.04. The van der Waals surface area contributed by atoms with Gasteiger partial charge in [-0.25, -0.2) is 4.79 Å². The minimum atomic E-state index is -0.268. The van der Waals surface area contributed by atoms with E-state index in [1.54, 1.807) is 0 Å². The summed E-state index contributed by atoms with van der Waals surface area (Å²) in [5.41, 5.74) is 2.14. The van der Waals surface area contributed by atoms with E-state index in [1.165, 1.54) is 0 Å². The maximum absolute atomic E-state index is 12.1. The van der Waals surface area contributed by atoms with Crippen molar-refractivity contribution in [2.45, 2.75) is 23.7 Å². The van der Waals surface area contributed by atoms with Gasteiger partial charge in [0, 0.05) is 5.92 Å². The Balaban J connectivity index is 2.39. The lowest BCUT2D eigenvalue weighted by Crippen LogP contribution is -2.29. The Morgan fingerprint density at radius 3 is 2.94 bits per heavy atom. The molecule has 0 amide bonds. The number of hydrogen-bond acceptors (Lipinski definition) is 3. The van der Waals surface area contributed by atoms with Crippen molar-refractivity contribution in [1.29, 1.82) is 0 Å². The Bertz CT molecular complexity index is 675. The monoisotopic (exact) mass is 356 g/mol. The summed E-state index contributed by atoms with van der Waals surface area (Å²) in [6.45, 7) is 4.71. The van der Waals surface area contributed by atoms with Crippen molar-refractivity contribution < 1.29 is 9.15 Å². The Morgan fingerprint density at radius 2 is 2.17 bits per heavy atom. The Kier molecular flexibility index (Phi) is 2.84. The molecule has 0 N–H and O–H groups in total. The van der Waals surface area contributed by atoms with E-state index < -0.39 is 0 Å². The Labute approximate surface area is 118 Å². The highest BCUT2D eigenvalue weighted by Crippen LogP contribution is 2.39. The number of benzene rings is 1. The van der Waals surface area contributed by atoms with E-state index >= 15 is 0 Å². The van der Waals surface area contributed by atoms with E-state index in [0.717, 1.165) is 10.9 Å². The van der Waals surface area contributed by atoms with Gasteiger partial charge in [-0.15, -0.1) is 0 Å². The first-order valence-electron chi connectivity index (χ1n) is 5.92. The SMILES string of the molecule is Cc1ccc2oc(=O)c3c(c2c1)OCC(I)C3C. The van der Waals surface area contributed by atoms with Crippen LogP contribution in [0.25, 0.3) is 11.0 Å². The summed E-state index contributed by atoms with van der Waals surface area (Å²) in [6.07, 6.45) is 0. The third-order valence-corrected chi connectivity index (χ3v) is 4.87. The van der Waals surface area contributed by atoms with Crippen molar-refractivity contribution in [1.82, 2.24) is 0 Å². The summed E-state index contributed by atoms with van der Waals surface area (Å²) in [5, 5.41) is 0.903. The molecule has 1 aliphatic rings. The molecule has 0 spiro atoms. The van der Waals surface area contributed by atoms with Crippen LogP contribution in [-0.4, -0.2) is 10.5 Å². The fourth-order valence-corrected chi connectivity index (χ4v) is 2.88. The molecular weight excluding hydrogens is 343 g/mol.